The van der Waals surface area contributed by atoms with Crippen molar-refractivity contribution in [3.63, 3.8) is 0 Å². The van der Waals surface area contributed by atoms with Gasteiger partial charge in [-0.1, -0.05) is 65.8 Å². The number of carbonyl (C=O) groups excluding carboxylic acids is 1. The predicted molar refractivity (Wildman–Crippen MR) is 110 cm³/mol. The molecule has 0 saturated heterocycles. The Morgan fingerprint density at radius 2 is 1.88 bits per heavy atom. The van der Waals surface area contributed by atoms with E-state index in [1.807, 2.05) is 48.5 Å². The van der Waals surface area contributed by atoms with E-state index in [1.54, 1.807) is 0 Å². The van der Waals surface area contributed by atoms with Crippen LogP contribution in [0.4, 0.5) is 11.4 Å². The van der Waals surface area contributed by atoms with E-state index in [9.17, 15) is 4.79 Å². The second kappa shape index (κ2) is 7.40. The number of nitrogens with one attached hydrogen (secondary N) is 2. The first-order valence-electron chi connectivity index (χ1n) is 8.21. The summed E-state index contributed by atoms with van der Waals surface area (Å²) in [6.45, 7) is 0.418. The molecule has 0 spiro atoms. The molecule has 0 bridgehead atoms. The van der Waals surface area contributed by atoms with Gasteiger partial charge >= 0.3 is 0 Å². The Morgan fingerprint density at radius 3 is 2.73 bits per heavy atom. The minimum atomic E-state index is -0.0588. The largest absolute Gasteiger partial charge is 0.351 e. The van der Waals surface area contributed by atoms with Crippen LogP contribution in [0.3, 0.4) is 0 Å². The lowest BCUT2D eigenvalue weighted by Crippen LogP contribution is -2.26. The molecule has 3 aromatic rings. The summed E-state index contributed by atoms with van der Waals surface area (Å²) in [5, 5.41) is 9.85. The highest BCUT2D eigenvalue weighted by Crippen LogP contribution is 2.36. The van der Waals surface area contributed by atoms with Crippen LogP contribution < -0.4 is 10.6 Å². The molecule has 4 nitrogen and oxygen atoms in total. The molecule has 0 aromatic heterocycles. The molecule has 4 rings (SSSR count). The number of carbonyl (C=O) groups is 1. The summed E-state index contributed by atoms with van der Waals surface area (Å²) in [4.78, 5) is 16.8. The van der Waals surface area contributed by atoms with Crippen molar-refractivity contribution >= 4 is 56.6 Å². The highest BCUT2D eigenvalue weighted by Gasteiger charge is 2.15. The Kier molecular flexibility index (Phi) is 4.82. The first-order chi connectivity index (χ1) is 12.7. The number of benzene rings is 3. The molecule has 0 fully saturated rings. The minimum absolute atomic E-state index is 0.0588. The van der Waals surface area contributed by atoms with Crippen LogP contribution in [0.15, 0.2) is 65.7 Å². The Labute approximate surface area is 160 Å². The Hall–Kier alpha value is -2.50. The number of nitrogens with zero attached hydrogens (tertiary/aromatic N) is 1. The maximum atomic E-state index is 12.1. The molecule has 1 heterocycles. The van der Waals surface area contributed by atoms with Crippen molar-refractivity contribution in [2.45, 2.75) is 6.54 Å². The van der Waals surface area contributed by atoms with Gasteiger partial charge in [-0.25, -0.2) is 4.99 Å². The van der Waals surface area contributed by atoms with Crippen LogP contribution in [0, 0.1) is 0 Å². The molecule has 2 N–H and O–H groups in total. The number of amidine groups is 1. The van der Waals surface area contributed by atoms with E-state index in [4.69, 9.17) is 11.6 Å². The quantitative estimate of drug-likeness (QED) is 0.671. The first kappa shape index (κ1) is 16.9. The molecule has 0 atom stereocenters. The lowest BCUT2D eigenvalue weighted by atomic mass is 10.1. The van der Waals surface area contributed by atoms with Crippen LogP contribution in [0.2, 0.25) is 5.02 Å². The summed E-state index contributed by atoms with van der Waals surface area (Å²) in [5.41, 5.74) is 2.85. The molecule has 1 aliphatic rings. The molecule has 1 aliphatic heterocycles. The highest BCUT2D eigenvalue weighted by molar-refractivity contribution is 8.14. The average Bonchev–Trinajstić information content (AvgIpc) is 2.66. The van der Waals surface area contributed by atoms with Crippen LogP contribution >= 0.6 is 23.4 Å². The number of anilines is 1. The van der Waals surface area contributed by atoms with E-state index in [0.29, 0.717) is 11.6 Å². The topological polar surface area (TPSA) is 53.5 Å². The number of thioether (sulfide) groups is 1. The molecule has 0 aliphatic carbocycles. The molecule has 0 unspecified atom stereocenters. The predicted octanol–water partition coefficient (Wildman–Crippen LogP) is 4.96. The summed E-state index contributed by atoms with van der Waals surface area (Å²) in [6, 6.07) is 19.7. The minimum Gasteiger partial charge on any atom is -0.351 e. The fraction of sp³-hybridized carbons (Fsp3) is 0.100. The SMILES string of the molecule is O=C(CSC1=Nc2cccc3cccc(c23)N1)NCc1ccccc1Cl. The van der Waals surface area contributed by atoms with E-state index < -0.39 is 0 Å². The molecular weight excluding hydrogens is 366 g/mol. The molecule has 6 heteroatoms. The molecular formula is C20H16ClN3OS. The van der Waals surface area contributed by atoms with Gasteiger partial charge in [-0.3, -0.25) is 4.79 Å². The number of halogens is 1. The molecule has 1 amide bonds. The Morgan fingerprint density at radius 1 is 1.08 bits per heavy atom. The van der Waals surface area contributed by atoms with Gasteiger partial charge in [-0.2, -0.15) is 0 Å². The lowest BCUT2D eigenvalue weighted by molar-refractivity contribution is -0.118. The summed E-state index contributed by atoms with van der Waals surface area (Å²) in [6.07, 6.45) is 0. The van der Waals surface area contributed by atoms with Crippen molar-refractivity contribution < 1.29 is 4.79 Å². The summed E-state index contributed by atoms with van der Waals surface area (Å²) in [7, 11) is 0. The summed E-state index contributed by atoms with van der Waals surface area (Å²) in [5.74, 6) is 0.227. The van der Waals surface area contributed by atoms with Crippen LogP contribution in [-0.2, 0) is 11.3 Å². The summed E-state index contributed by atoms with van der Waals surface area (Å²) >= 11 is 7.49. The van der Waals surface area contributed by atoms with Crippen molar-refractivity contribution in [2.24, 2.45) is 4.99 Å². The zero-order chi connectivity index (χ0) is 17.9. The highest BCUT2D eigenvalue weighted by atomic mass is 35.5. The monoisotopic (exact) mass is 381 g/mol. The van der Waals surface area contributed by atoms with Gasteiger partial charge in [0.05, 0.1) is 17.1 Å². The third-order valence-electron chi connectivity index (χ3n) is 4.12. The second-order valence-corrected chi connectivity index (χ2v) is 7.25. The number of hydrogen-bond donors (Lipinski definition) is 2. The number of hydrogen-bond acceptors (Lipinski definition) is 4. The van der Waals surface area contributed by atoms with Crippen molar-refractivity contribution in [3.05, 3.63) is 71.2 Å². The van der Waals surface area contributed by atoms with E-state index >= 15 is 0 Å². The molecule has 3 aromatic carbocycles. The van der Waals surface area contributed by atoms with Gasteiger partial charge in [0.25, 0.3) is 0 Å². The maximum Gasteiger partial charge on any atom is 0.230 e. The Bertz CT molecular complexity index is 1010. The Balaban J connectivity index is 1.39. The number of rotatable bonds is 4. The standard InChI is InChI=1S/C20H16ClN3OS/c21-15-8-2-1-5-14(15)11-22-18(25)12-26-20-23-16-9-3-6-13-7-4-10-17(24-20)19(13)16/h1-10H,11-12H2,(H,22,25)(H,23,24). The van der Waals surface area contributed by atoms with E-state index in [2.05, 4.69) is 27.8 Å². The third kappa shape index (κ3) is 3.54. The maximum absolute atomic E-state index is 12.1. The van der Waals surface area contributed by atoms with Gasteiger partial charge in [0.2, 0.25) is 5.91 Å². The number of aliphatic imine (C=N–C) groups is 1. The van der Waals surface area contributed by atoms with Gasteiger partial charge in [0.15, 0.2) is 5.17 Å². The zero-order valence-electron chi connectivity index (χ0n) is 13.8. The second-order valence-electron chi connectivity index (χ2n) is 5.88. The molecule has 0 saturated carbocycles. The third-order valence-corrected chi connectivity index (χ3v) is 5.36. The van der Waals surface area contributed by atoms with Crippen molar-refractivity contribution in [2.75, 3.05) is 11.1 Å². The van der Waals surface area contributed by atoms with E-state index in [-0.39, 0.29) is 11.7 Å². The van der Waals surface area contributed by atoms with Crippen LogP contribution in [0.1, 0.15) is 5.56 Å². The van der Waals surface area contributed by atoms with Gasteiger partial charge in [0.1, 0.15) is 0 Å². The smallest absolute Gasteiger partial charge is 0.230 e. The van der Waals surface area contributed by atoms with Crippen LogP contribution in [0.25, 0.3) is 10.8 Å². The zero-order valence-corrected chi connectivity index (χ0v) is 15.4. The van der Waals surface area contributed by atoms with Crippen LogP contribution in [0.5, 0.6) is 0 Å². The fourth-order valence-electron chi connectivity index (χ4n) is 2.86. The number of amides is 1. The normalized spacial score (nSPS) is 12.4. The first-order valence-corrected chi connectivity index (χ1v) is 9.57. The molecule has 26 heavy (non-hydrogen) atoms. The van der Waals surface area contributed by atoms with E-state index in [1.165, 1.54) is 11.8 Å². The van der Waals surface area contributed by atoms with Crippen LogP contribution in [-0.4, -0.2) is 16.8 Å². The van der Waals surface area contributed by atoms with E-state index in [0.717, 1.165) is 32.9 Å². The van der Waals surface area contributed by atoms with Gasteiger partial charge in [-0.15, -0.1) is 0 Å². The molecule has 130 valence electrons. The summed E-state index contributed by atoms with van der Waals surface area (Å²) < 4.78 is 0. The lowest BCUT2D eigenvalue weighted by Gasteiger charge is -2.18. The molecule has 0 radical (unpaired) electrons. The van der Waals surface area contributed by atoms with Gasteiger partial charge in [0, 0.05) is 17.0 Å². The van der Waals surface area contributed by atoms with Gasteiger partial charge < -0.3 is 10.6 Å². The average molecular weight is 382 g/mol. The van der Waals surface area contributed by atoms with Crippen molar-refractivity contribution in [1.82, 2.24) is 5.32 Å². The van der Waals surface area contributed by atoms with Crippen molar-refractivity contribution in [3.8, 4) is 0 Å². The fourth-order valence-corrected chi connectivity index (χ4v) is 3.78. The van der Waals surface area contributed by atoms with Gasteiger partial charge in [-0.05, 0) is 29.1 Å². The van der Waals surface area contributed by atoms with Crippen molar-refractivity contribution in [1.29, 1.82) is 0 Å².